The Bertz CT molecular complexity index is 1180. The van der Waals surface area contributed by atoms with Crippen LogP contribution in [0.25, 0.3) is 11.0 Å². The molecule has 32 heavy (non-hydrogen) atoms. The fourth-order valence-corrected chi connectivity index (χ4v) is 3.77. The zero-order valence-corrected chi connectivity index (χ0v) is 18.5. The Kier molecular flexibility index (Phi) is 6.70. The summed E-state index contributed by atoms with van der Waals surface area (Å²) in [7, 11) is 0. The van der Waals surface area contributed by atoms with Gasteiger partial charge in [0.1, 0.15) is 11.6 Å². The minimum absolute atomic E-state index is 0.279. The molecule has 4 aromatic rings. The van der Waals surface area contributed by atoms with Crippen molar-refractivity contribution in [3.05, 3.63) is 84.2 Å². The largest absolute Gasteiger partial charge is 0.494 e. The van der Waals surface area contributed by atoms with Crippen LogP contribution in [0.2, 0.25) is 0 Å². The van der Waals surface area contributed by atoms with Gasteiger partial charge in [-0.25, -0.2) is 9.78 Å². The van der Waals surface area contributed by atoms with Crippen molar-refractivity contribution in [1.29, 1.82) is 0 Å². The van der Waals surface area contributed by atoms with Crippen LogP contribution in [0.15, 0.2) is 72.8 Å². The summed E-state index contributed by atoms with van der Waals surface area (Å²) in [6, 6.07) is 23.2. The van der Waals surface area contributed by atoms with Gasteiger partial charge < -0.3 is 19.9 Å². The highest BCUT2D eigenvalue weighted by molar-refractivity contribution is 5.99. The lowest BCUT2D eigenvalue weighted by atomic mass is 10.1. The molecule has 0 aliphatic carbocycles. The Hall–Kier alpha value is -3.80. The van der Waals surface area contributed by atoms with Crippen LogP contribution in [-0.2, 0) is 19.4 Å². The van der Waals surface area contributed by atoms with Crippen molar-refractivity contribution in [2.45, 2.75) is 33.2 Å². The Morgan fingerprint density at radius 3 is 2.19 bits per heavy atom. The maximum absolute atomic E-state index is 12.3. The Morgan fingerprint density at radius 2 is 1.53 bits per heavy atom. The van der Waals surface area contributed by atoms with E-state index in [1.165, 1.54) is 11.1 Å². The van der Waals surface area contributed by atoms with Crippen molar-refractivity contribution >= 4 is 28.4 Å². The van der Waals surface area contributed by atoms with Crippen LogP contribution >= 0.6 is 0 Å². The van der Waals surface area contributed by atoms with Gasteiger partial charge in [0, 0.05) is 24.3 Å². The van der Waals surface area contributed by atoms with Crippen LogP contribution in [0.3, 0.4) is 0 Å². The van der Waals surface area contributed by atoms with Gasteiger partial charge in [0.15, 0.2) is 0 Å². The maximum atomic E-state index is 12.3. The van der Waals surface area contributed by atoms with Crippen molar-refractivity contribution in [3.8, 4) is 5.75 Å². The Morgan fingerprint density at radius 1 is 0.875 bits per heavy atom. The molecule has 1 aromatic heterocycles. The number of urea groups is 1. The number of nitrogens with one attached hydrogen (secondary N) is 2. The summed E-state index contributed by atoms with van der Waals surface area (Å²) in [5.74, 6) is 1.88. The maximum Gasteiger partial charge on any atom is 0.323 e. The molecule has 0 spiro atoms. The van der Waals surface area contributed by atoms with Crippen molar-refractivity contribution < 1.29 is 9.53 Å². The first-order valence-electron chi connectivity index (χ1n) is 11.0. The van der Waals surface area contributed by atoms with E-state index in [0.717, 1.165) is 42.2 Å². The van der Waals surface area contributed by atoms with Gasteiger partial charge in [-0.3, -0.25) is 0 Å². The normalized spacial score (nSPS) is 10.8. The first-order valence-corrected chi connectivity index (χ1v) is 11.0. The van der Waals surface area contributed by atoms with Crippen LogP contribution in [0.1, 0.15) is 25.2 Å². The zero-order chi connectivity index (χ0) is 22.3. The van der Waals surface area contributed by atoms with Gasteiger partial charge in [0.05, 0.1) is 17.6 Å². The van der Waals surface area contributed by atoms with Gasteiger partial charge in [0.2, 0.25) is 0 Å². The topological polar surface area (TPSA) is 68.2 Å². The fraction of sp³-hybridized carbons (Fsp3) is 0.231. The zero-order valence-electron chi connectivity index (χ0n) is 18.5. The molecule has 0 aliphatic rings. The second-order valence-corrected chi connectivity index (χ2v) is 7.49. The number of aromatic nitrogens is 2. The number of benzene rings is 3. The summed E-state index contributed by atoms with van der Waals surface area (Å²) >= 11 is 0. The first-order chi connectivity index (χ1) is 15.7. The molecule has 1 heterocycles. The monoisotopic (exact) mass is 428 g/mol. The van der Waals surface area contributed by atoms with Gasteiger partial charge in [-0.1, -0.05) is 24.3 Å². The number of hydrogen-bond acceptors (Lipinski definition) is 3. The van der Waals surface area contributed by atoms with Crippen LogP contribution < -0.4 is 15.4 Å². The van der Waals surface area contributed by atoms with Gasteiger partial charge >= 0.3 is 6.03 Å². The summed E-state index contributed by atoms with van der Waals surface area (Å²) in [4.78, 5) is 17.1. The number of amides is 2. The van der Waals surface area contributed by atoms with E-state index in [4.69, 9.17) is 9.72 Å². The molecule has 6 heteroatoms. The van der Waals surface area contributed by atoms with Crippen molar-refractivity contribution in [2.75, 3.05) is 17.2 Å². The average molecular weight is 429 g/mol. The average Bonchev–Trinajstić information content (AvgIpc) is 3.17. The van der Waals surface area contributed by atoms with Gasteiger partial charge in [-0.2, -0.15) is 0 Å². The highest BCUT2D eigenvalue weighted by atomic mass is 16.5. The molecular weight excluding hydrogens is 400 g/mol. The van der Waals surface area contributed by atoms with Gasteiger partial charge in [-0.05, 0) is 74.4 Å². The van der Waals surface area contributed by atoms with E-state index in [2.05, 4.69) is 40.3 Å². The minimum atomic E-state index is -0.279. The van der Waals surface area contributed by atoms with Crippen molar-refractivity contribution in [1.82, 2.24) is 9.55 Å². The molecule has 0 unspecified atom stereocenters. The third-order valence-electron chi connectivity index (χ3n) is 5.32. The number of rotatable bonds is 8. The second-order valence-electron chi connectivity index (χ2n) is 7.49. The number of carbonyl (C=O) groups excluding carboxylic acids is 1. The minimum Gasteiger partial charge on any atom is -0.494 e. The highest BCUT2D eigenvalue weighted by Crippen LogP contribution is 2.19. The van der Waals surface area contributed by atoms with E-state index in [1.54, 1.807) is 0 Å². The fourth-order valence-electron chi connectivity index (χ4n) is 3.77. The molecular formula is C26H28N4O2. The standard InChI is InChI=1S/C26H28N4O2/c1-3-30-24-8-6-5-7-23(24)29-25(30)18-11-19-9-12-20(13-10-19)27-26(31)28-21-14-16-22(17-15-21)32-4-2/h5-10,12-17H,3-4,11,18H2,1-2H3,(H2,27,28,31). The van der Waals surface area contributed by atoms with E-state index >= 15 is 0 Å². The second kappa shape index (κ2) is 10.0. The molecule has 0 bridgehead atoms. The van der Waals surface area contributed by atoms with Gasteiger partial charge in [0.25, 0.3) is 0 Å². The highest BCUT2D eigenvalue weighted by Gasteiger charge is 2.09. The molecule has 3 aromatic carbocycles. The van der Waals surface area contributed by atoms with E-state index in [-0.39, 0.29) is 6.03 Å². The number of nitrogens with zero attached hydrogens (tertiary/aromatic N) is 2. The molecule has 2 amide bonds. The summed E-state index contributed by atoms with van der Waals surface area (Å²) < 4.78 is 7.69. The van der Waals surface area contributed by atoms with E-state index < -0.39 is 0 Å². The Labute approximate surface area is 188 Å². The first kappa shape index (κ1) is 21.4. The van der Waals surface area contributed by atoms with Gasteiger partial charge in [-0.15, -0.1) is 0 Å². The number of para-hydroxylation sites is 2. The number of imidazole rings is 1. The summed E-state index contributed by atoms with van der Waals surface area (Å²) in [6.07, 6.45) is 1.76. The number of anilines is 2. The van der Waals surface area contributed by atoms with Crippen LogP contribution in [-0.4, -0.2) is 22.2 Å². The molecule has 2 N–H and O–H groups in total. The summed E-state index contributed by atoms with van der Waals surface area (Å²) in [6.45, 7) is 5.60. The lowest BCUT2D eigenvalue weighted by Crippen LogP contribution is -2.19. The third kappa shape index (κ3) is 5.09. The lowest BCUT2D eigenvalue weighted by Gasteiger charge is -2.10. The van der Waals surface area contributed by atoms with Crippen LogP contribution in [0.5, 0.6) is 5.75 Å². The van der Waals surface area contributed by atoms with E-state index in [9.17, 15) is 4.79 Å². The predicted octanol–water partition coefficient (Wildman–Crippen LogP) is 5.88. The molecule has 0 aliphatic heterocycles. The molecule has 6 nitrogen and oxygen atoms in total. The van der Waals surface area contributed by atoms with Crippen LogP contribution in [0.4, 0.5) is 16.2 Å². The molecule has 0 radical (unpaired) electrons. The van der Waals surface area contributed by atoms with E-state index in [1.807, 2.05) is 61.5 Å². The number of aryl methyl sites for hydroxylation is 3. The molecule has 0 saturated heterocycles. The predicted molar refractivity (Wildman–Crippen MR) is 130 cm³/mol. The van der Waals surface area contributed by atoms with E-state index in [0.29, 0.717) is 12.3 Å². The number of hydrogen-bond donors (Lipinski definition) is 2. The molecule has 0 atom stereocenters. The quantitative estimate of drug-likeness (QED) is 0.368. The summed E-state index contributed by atoms with van der Waals surface area (Å²) in [5, 5.41) is 5.70. The Balaban J connectivity index is 1.32. The molecule has 0 saturated carbocycles. The smallest absolute Gasteiger partial charge is 0.323 e. The number of fused-ring (bicyclic) bond motifs is 1. The lowest BCUT2D eigenvalue weighted by molar-refractivity contribution is 0.262. The van der Waals surface area contributed by atoms with Crippen molar-refractivity contribution in [3.63, 3.8) is 0 Å². The van der Waals surface area contributed by atoms with Crippen molar-refractivity contribution in [2.24, 2.45) is 0 Å². The summed E-state index contributed by atoms with van der Waals surface area (Å²) in [5.41, 5.74) is 4.89. The third-order valence-corrected chi connectivity index (χ3v) is 5.32. The number of ether oxygens (including phenoxy) is 1. The molecule has 164 valence electrons. The SMILES string of the molecule is CCOc1ccc(NC(=O)Nc2ccc(CCc3nc4ccccc4n3CC)cc2)cc1. The molecule has 0 fully saturated rings. The number of carbonyl (C=O) groups is 1. The molecule has 4 rings (SSSR count). The van der Waals surface area contributed by atoms with Crippen LogP contribution in [0, 0.1) is 0 Å².